The van der Waals surface area contributed by atoms with Crippen LogP contribution in [-0.2, 0) is 11.2 Å². The zero-order chi connectivity index (χ0) is 16.7. The van der Waals surface area contributed by atoms with E-state index in [0.717, 1.165) is 6.42 Å². The molecule has 0 fully saturated rings. The number of aromatic nitrogens is 4. The highest BCUT2D eigenvalue weighted by atomic mass is 35.5. The quantitative estimate of drug-likeness (QED) is 0.734. The first-order valence-corrected chi connectivity index (χ1v) is 7.68. The number of hydrogen-bond donors (Lipinski definition) is 2. The van der Waals surface area contributed by atoms with Crippen molar-refractivity contribution in [2.24, 2.45) is 11.7 Å². The first-order chi connectivity index (χ1) is 11.1. The van der Waals surface area contributed by atoms with Crippen LogP contribution in [0.2, 0.25) is 0 Å². The summed E-state index contributed by atoms with van der Waals surface area (Å²) in [5, 5.41) is 6.75. The van der Waals surface area contributed by atoms with Crippen molar-refractivity contribution in [3.05, 3.63) is 24.4 Å². The second-order valence-corrected chi connectivity index (χ2v) is 5.71. The van der Waals surface area contributed by atoms with Gasteiger partial charge in [-0.05, 0) is 18.4 Å². The van der Waals surface area contributed by atoms with Crippen LogP contribution in [0.25, 0.3) is 11.6 Å². The summed E-state index contributed by atoms with van der Waals surface area (Å²) in [4.78, 5) is 24.2. The van der Waals surface area contributed by atoms with Crippen LogP contribution in [0.15, 0.2) is 23.0 Å². The zero-order valence-corrected chi connectivity index (χ0v) is 14.6. The van der Waals surface area contributed by atoms with E-state index in [4.69, 9.17) is 10.3 Å². The molecule has 0 aromatic carbocycles. The van der Waals surface area contributed by atoms with Gasteiger partial charge in [-0.25, -0.2) is 9.97 Å². The van der Waals surface area contributed by atoms with Gasteiger partial charge >= 0.3 is 0 Å². The molecule has 3 N–H and O–H groups in total. The van der Waals surface area contributed by atoms with Crippen molar-refractivity contribution in [3.63, 3.8) is 0 Å². The van der Waals surface area contributed by atoms with Crippen molar-refractivity contribution in [2.45, 2.75) is 39.2 Å². The van der Waals surface area contributed by atoms with Crippen LogP contribution < -0.4 is 11.1 Å². The number of aryl methyl sites for hydroxylation is 1. The molecule has 1 unspecified atom stereocenters. The molecule has 2 heterocycles. The number of nitrogens with one attached hydrogen (secondary N) is 1. The summed E-state index contributed by atoms with van der Waals surface area (Å²) in [6.07, 6.45) is 4.70. The fourth-order valence-corrected chi connectivity index (χ4v) is 2.17. The minimum absolute atomic E-state index is 0. The summed E-state index contributed by atoms with van der Waals surface area (Å²) in [5.41, 5.74) is 5.67. The minimum atomic E-state index is -0.0724. The predicted molar refractivity (Wildman–Crippen MR) is 91.3 cm³/mol. The summed E-state index contributed by atoms with van der Waals surface area (Å²) in [6.45, 7) is 4.63. The largest absolute Gasteiger partial charge is 0.352 e. The number of halogens is 1. The molecule has 8 nitrogen and oxygen atoms in total. The van der Waals surface area contributed by atoms with Crippen LogP contribution in [0, 0.1) is 5.92 Å². The van der Waals surface area contributed by atoms with Crippen molar-refractivity contribution in [2.75, 3.05) is 6.54 Å². The van der Waals surface area contributed by atoms with Crippen LogP contribution in [0.5, 0.6) is 0 Å². The molecule has 2 aromatic rings. The van der Waals surface area contributed by atoms with Crippen molar-refractivity contribution in [1.82, 2.24) is 25.4 Å². The molecule has 0 aliphatic rings. The number of carbonyl (C=O) groups is 1. The molecule has 2 rings (SSSR count). The fourth-order valence-electron chi connectivity index (χ4n) is 2.17. The molecule has 0 aliphatic carbocycles. The Hall–Kier alpha value is -2.06. The van der Waals surface area contributed by atoms with Crippen molar-refractivity contribution in [3.8, 4) is 11.6 Å². The molecular formula is C15H23ClN6O2. The van der Waals surface area contributed by atoms with Crippen LogP contribution >= 0.6 is 12.4 Å². The summed E-state index contributed by atoms with van der Waals surface area (Å²) in [6, 6.07) is 1.71. The molecule has 2 aromatic heterocycles. The first-order valence-electron chi connectivity index (χ1n) is 7.68. The summed E-state index contributed by atoms with van der Waals surface area (Å²) >= 11 is 0. The molecule has 0 spiro atoms. The van der Waals surface area contributed by atoms with Crippen LogP contribution in [0.4, 0.5) is 0 Å². The Labute approximate surface area is 147 Å². The third kappa shape index (κ3) is 6.21. The molecule has 0 bridgehead atoms. The van der Waals surface area contributed by atoms with Gasteiger partial charge in [-0.1, -0.05) is 19.0 Å². The Balaban J connectivity index is 0.00000288. The van der Waals surface area contributed by atoms with Crippen LogP contribution in [0.1, 0.15) is 32.6 Å². The maximum atomic E-state index is 12.0. The van der Waals surface area contributed by atoms with E-state index in [1.807, 2.05) is 0 Å². The average molecular weight is 355 g/mol. The molecule has 132 valence electrons. The molecule has 1 atom stereocenters. The third-order valence-electron chi connectivity index (χ3n) is 3.21. The molecule has 24 heavy (non-hydrogen) atoms. The number of rotatable bonds is 8. The van der Waals surface area contributed by atoms with Crippen LogP contribution in [0.3, 0.4) is 0 Å². The number of nitrogens with two attached hydrogens (primary N) is 1. The van der Waals surface area contributed by atoms with E-state index in [-0.39, 0.29) is 30.8 Å². The SMILES string of the molecule is CC(C)CC(CN)NC(=O)CCc1nc(-c2ncccn2)no1.Cl. The van der Waals surface area contributed by atoms with E-state index in [2.05, 4.69) is 39.3 Å². The van der Waals surface area contributed by atoms with Gasteiger partial charge in [0.15, 0.2) is 0 Å². The Morgan fingerprint density at radius 3 is 2.62 bits per heavy atom. The average Bonchev–Trinajstić information content (AvgIpc) is 3.01. The lowest BCUT2D eigenvalue weighted by molar-refractivity contribution is -0.121. The summed E-state index contributed by atoms with van der Waals surface area (Å²) in [5.74, 6) is 1.51. The molecule has 0 saturated carbocycles. The van der Waals surface area contributed by atoms with Gasteiger partial charge < -0.3 is 15.6 Å². The maximum absolute atomic E-state index is 12.0. The Morgan fingerprint density at radius 2 is 2.00 bits per heavy atom. The van der Waals surface area contributed by atoms with Gasteiger partial charge in [0.1, 0.15) is 0 Å². The van der Waals surface area contributed by atoms with E-state index in [1.165, 1.54) is 0 Å². The Morgan fingerprint density at radius 1 is 1.29 bits per heavy atom. The molecular weight excluding hydrogens is 332 g/mol. The van der Waals surface area contributed by atoms with E-state index < -0.39 is 0 Å². The van der Waals surface area contributed by atoms with Gasteiger partial charge in [0.05, 0.1) is 0 Å². The lowest BCUT2D eigenvalue weighted by Gasteiger charge is -2.18. The van der Waals surface area contributed by atoms with Crippen molar-refractivity contribution in [1.29, 1.82) is 0 Å². The molecule has 0 saturated heterocycles. The van der Waals surface area contributed by atoms with E-state index in [9.17, 15) is 4.79 Å². The number of carbonyl (C=O) groups excluding carboxylic acids is 1. The third-order valence-corrected chi connectivity index (χ3v) is 3.21. The fraction of sp³-hybridized carbons (Fsp3) is 0.533. The van der Waals surface area contributed by atoms with E-state index in [1.54, 1.807) is 18.5 Å². The lowest BCUT2D eigenvalue weighted by atomic mass is 10.0. The van der Waals surface area contributed by atoms with Gasteiger partial charge in [-0.3, -0.25) is 4.79 Å². The first kappa shape index (κ1) is 20.0. The minimum Gasteiger partial charge on any atom is -0.352 e. The molecule has 9 heteroatoms. The highest BCUT2D eigenvalue weighted by molar-refractivity contribution is 5.85. The Kier molecular flexibility index (Phi) is 8.28. The molecule has 0 radical (unpaired) electrons. The van der Waals surface area contributed by atoms with Crippen molar-refractivity contribution < 1.29 is 9.32 Å². The smallest absolute Gasteiger partial charge is 0.240 e. The van der Waals surface area contributed by atoms with Crippen LogP contribution in [-0.4, -0.2) is 38.6 Å². The van der Waals surface area contributed by atoms with Gasteiger partial charge in [0.2, 0.25) is 23.4 Å². The second kappa shape index (κ2) is 9.94. The highest BCUT2D eigenvalue weighted by Crippen LogP contribution is 2.10. The lowest BCUT2D eigenvalue weighted by Crippen LogP contribution is -2.41. The molecule has 0 aliphatic heterocycles. The standard InChI is InChI=1S/C15H22N6O2.ClH/c1-10(2)8-11(9-16)19-12(22)4-5-13-20-15(21-23-13)14-17-6-3-7-18-14;/h3,6-7,10-11H,4-5,8-9,16H2,1-2H3,(H,19,22);1H. The Bertz CT molecular complexity index is 619. The number of hydrogen-bond acceptors (Lipinski definition) is 7. The topological polar surface area (TPSA) is 120 Å². The summed E-state index contributed by atoms with van der Waals surface area (Å²) < 4.78 is 5.12. The zero-order valence-electron chi connectivity index (χ0n) is 13.8. The van der Waals surface area contributed by atoms with Crippen molar-refractivity contribution >= 4 is 18.3 Å². The number of nitrogens with zero attached hydrogens (tertiary/aromatic N) is 4. The second-order valence-electron chi connectivity index (χ2n) is 5.71. The monoisotopic (exact) mass is 354 g/mol. The van der Waals surface area contributed by atoms with Gasteiger partial charge in [-0.15, -0.1) is 12.4 Å². The number of amides is 1. The van der Waals surface area contributed by atoms with E-state index in [0.29, 0.717) is 36.4 Å². The summed E-state index contributed by atoms with van der Waals surface area (Å²) in [7, 11) is 0. The molecule has 1 amide bonds. The van der Waals surface area contributed by atoms with Gasteiger partial charge in [0, 0.05) is 37.8 Å². The van der Waals surface area contributed by atoms with Gasteiger partial charge in [0.25, 0.3) is 0 Å². The van der Waals surface area contributed by atoms with Gasteiger partial charge in [-0.2, -0.15) is 4.98 Å². The predicted octanol–water partition coefficient (Wildman–Crippen LogP) is 1.37. The highest BCUT2D eigenvalue weighted by Gasteiger charge is 2.15. The maximum Gasteiger partial charge on any atom is 0.240 e. The normalized spacial score (nSPS) is 11.8. The van der Waals surface area contributed by atoms with E-state index >= 15 is 0 Å².